The van der Waals surface area contributed by atoms with E-state index in [1.165, 1.54) is 0 Å². The Labute approximate surface area is 97.7 Å². The Balaban J connectivity index is 0.000000249. The largest absolute Gasteiger partial charge is 0.726 e. The number of benzene rings is 1. The van der Waals surface area contributed by atoms with Crippen LogP contribution in [0.5, 0.6) is 0 Å². The Morgan fingerprint density at radius 2 is 1.82 bits per heavy atom. The first-order valence-corrected chi connectivity index (χ1v) is 5.76. The van der Waals surface area contributed by atoms with Gasteiger partial charge in [-0.05, 0) is 12.1 Å². The predicted molar refractivity (Wildman–Crippen MR) is 57.5 cm³/mol. The lowest BCUT2D eigenvalue weighted by Gasteiger charge is -1.88. The minimum absolute atomic E-state index is 0.591. The van der Waals surface area contributed by atoms with Crippen molar-refractivity contribution in [3.8, 4) is 6.07 Å². The van der Waals surface area contributed by atoms with E-state index >= 15 is 0 Å². The van der Waals surface area contributed by atoms with Crippen molar-refractivity contribution >= 4 is 21.3 Å². The summed E-state index contributed by atoms with van der Waals surface area (Å²) < 4.78 is 32.8. The van der Waals surface area contributed by atoms with Gasteiger partial charge in [0.15, 0.2) is 6.07 Å². The van der Waals surface area contributed by atoms with Gasteiger partial charge in [-0.1, -0.05) is 12.1 Å². The molecule has 1 aromatic heterocycles. The third-order valence-electron chi connectivity index (χ3n) is 1.78. The third-order valence-corrected chi connectivity index (χ3v) is 1.78. The van der Waals surface area contributed by atoms with Gasteiger partial charge in [0.1, 0.15) is 0 Å². The van der Waals surface area contributed by atoms with Crippen molar-refractivity contribution < 1.29 is 22.5 Å². The summed E-state index contributed by atoms with van der Waals surface area (Å²) in [5, 5.41) is 9.74. The van der Waals surface area contributed by atoms with Gasteiger partial charge in [-0.3, -0.25) is 4.55 Å². The van der Waals surface area contributed by atoms with Crippen LogP contribution >= 0.6 is 0 Å². The maximum atomic E-state index is 8.63. The molecule has 0 aliphatic carbocycles. The zero-order valence-electron chi connectivity index (χ0n) is 8.49. The van der Waals surface area contributed by atoms with Crippen molar-refractivity contribution in [2.75, 3.05) is 0 Å². The quantitative estimate of drug-likeness (QED) is 0.542. The third kappa shape index (κ3) is 5.03. The smallest absolute Gasteiger partial charge is 0.282 e. The van der Waals surface area contributed by atoms with Crippen LogP contribution in [0.1, 0.15) is 5.69 Å². The lowest BCUT2D eigenvalue weighted by molar-refractivity contribution is -0.348. The van der Waals surface area contributed by atoms with Gasteiger partial charge in [0.25, 0.3) is 5.69 Å². The number of fused-ring (bicyclic) bond motifs is 1. The van der Waals surface area contributed by atoms with Crippen molar-refractivity contribution in [3.63, 3.8) is 0 Å². The molecule has 0 fully saturated rings. The molecule has 88 valence electrons. The van der Waals surface area contributed by atoms with Crippen LogP contribution in [-0.2, 0) is 10.4 Å². The minimum atomic E-state index is -4.92. The van der Waals surface area contributed by atoms with E-state index < -0.39 is 10.4 Å². The van der Waals surface area contributed by atoms with E-state index in [2.05, 4.69) is 11.1 Å². The number of rotatable bonds is 0. The average molecular weight is 252 g/mol. The van der Waals surface area contributed by atoms with E-state index in [0.717, 1.165) is 10.9 Å². The molecule has 0 atom stereocenters. The first-order valence-electron chi connectivity index (χ1n) is 4.39. The summed E-state index contributed by atoms with van der Waals surface area (Å²) in [4.78, 5) is 3.02. The van der Waals surface area contributed by atoms with Crippen LogP contribution in [0, 0.1) is 11.3 Å². The first kappa shape index (κ1) is 13.1. The van der Waals surface area contributed by atoms with Gasteiger partial charge in [0.2, 0.25) is 15.9 Å². The molecule has 1 heterocycles. The summed E-state index contributed by atoms with van der Waals surface area (Å²) in [6, 6.07) is 13.7. The van der Waals surface area contributed by atoms with Crippen LogP contribution in [0.15, 0.2) is 36.4 Å². The van der Waals surface area contributed by atoms with Gasteiger partial charge in [-0.25, -0.2) is 8.42 Å². The monoisotopic (exact) mass is 252 g/mol. The molecule has 7 heteroatoms. The van der Waals surface area contributed by atoms with Crippen molar-refractivity contribution in [3.05, 3.63) is 42.1 Å². The number of H-pyrrole nitrogens is 1. The molecule has 0 unspecified atom stereocenters. The second-order valence-electron chi connectivity index (χ2n) is 3.00. The van der Waals surface area contributed by atoms with Gasteiger partial charge >= 0.3 is 0 Å². The average Bonchev–Trinajstić information content (AvgIpc) is 2.26. The summed E-state index contributed by atoms with van der Waals surface area (Å²) in [7, 11) is -4.92. The van der Waals surface area contributed by atoms with Crippen molar-refractivity contribution in [1.82, 2.24) is 0 Å². The van der Waals surface area contributed by atoms with E-state index in [-0.39, 0.29) is 0 Å². The number of nitriles is 1. The summed E-state index contributed by atoms with van der Waals surface area (Å²) in [6.07, 6.45) is 0. The van der Waals surface area contributed by atoms with E-state index in [1.807, 2.05) is 30.3 Å². The van der Waals surface area contributed by atoms with E-state index in [0.29, 0.717) is 5.69 Å². The normalized spacial score (nSPS) is 10.2. The van der Waals surface area contributed by atoms with Gasteiger partial charge < -0.3 is 4.55 Å². The maximum absolute atomic E-state index is 8.63. The Morgan fingerprint density at radius 1 is 1.24 bits per heavy atom. The van der Waals surface area contributed by atoms with Crippen LogP contribution in [0.25, 0.3) is 10.9 Å². The second kappa shape index (κ2) is 5.36. The molecule has 2 rings (SSSR count). The lowest BCUT2D eigenvalue weighted by Crippen LogP contribution is -2.08. The fourth-order valence-corrected chi connectivity index (χ4v) is 1.18. The van der Waals surface area contributed by atoms with Gasteiger partial charge in [0.05, 0.1) is 0 Å². The number of aromatic nitrogens is 1. The molecule has 0 saturated carbocycles. The minimum Gasteiger partial charge on any atom is -0.726 e. The topological polar surface area (TPSA) is 115 Å². The number of hydrogen-bond acceptors (Lipinski definition) is 4. The predicted octanol–water partition coefficient (Wildman–Crippen LogP) is 0.530. The molecule has 0 radical (unpaired) electrons. The van der Waals surface area contributed by atoms with Crippen LogP contribution < -0.4 is 4.98 Å². The maximum Gasteiger partial charge on any atom is 0.282 e. The summed E-state index contributed by atoms with van der Waals surface area (Å²) in [5.74, 6) is 0. The zero-order chi connectivity index (χ0) is 12.9. The Morgan fingerprint density at radius 3 is 2.41 bits per heavy atom. The fraction of sp³-hybridized carbons (Fsp3) is 0. The van der Waals surface area contributed by atoms with Gasteiger partial charge in [0, 0.05) is 17.5 Å². The Hall–Kier alpha value is -2.01. The molecular weight excluding hydrogens is 244 g/mol. The van der Waals surface area contributed by atoms with E-state index in [9.17, 15) is 0 Å². The zero-order valence-corrected chi connectivity index (χ0v) is 9.31. The summed E-state index contributed by atoms with van der Waals surface area (Å²) in [6.45, 7) is 0. The number of nitrogens with one attached hydrogen (secondary N) is 1. The number of nitrogens with zero attached hydrogens (tertiary/aromatic N) is 1. The molecule has 0 aliphatic heterocycles. The first-order chi connectivity index (χ1) is 7.90. The summed E-state index contributed by atoms with van der Waals surface area (Å²) >= 11 is 0. The summed E-state index contributed by atoms with van der Waals surface area (Å²) in [5.41, 5.74) is 1.59. The molecule has 0 amide bonds. The Bertz CT molecular complexity index is 653. The van der Waals surface area contributed by atoms with Crippen LogP contribution in [-0.4, -0.2) is 17.5 Å². The lowest BCUT2D eigenvalue weighted by atomic mass is 10.2. The van der Waals surface area contributed by atoms with Crippen molar-refractivity contribution in [1.29, 1.82) is 5.26 Å². The van der Waals surface area contributed by atoms with Crippen LogP contribution in [0.2, 0.25) is 0 Å². The number of pyridine rings is 1. The number of hydrogen-bond donors (Lipinski definition) is 1. The molecular formula is C10H8N2O4S. The van der Waals surface area contributed by atoms with Crippen molar-refractivity contribution in [2.45, 2.75) is 0 Å². The molecule has 6 nitrogen and oxygen atoms in total. The molecule has 0 spiro atoms. The SMILES string of the molecule is N#Cc1ccc2ccccc2[nH+]1.O=S(=O)([O-])O. The fourth-order valence-electron chi connectivity index (χ4n) is 1.18. The molecule has 0 saturated heterocycles. The van der Waals surface area contributed by atoms with Crippen molar-refractivity contribution in [2.24, 2.45) is 0 Å². The standard InChI is InChI=1S/C10H6N2.H2O4S/c11-7-9-6-5-8-3-1-2-4-10(8)12-9;1-5(2,3)4/h1-6H;(H2,1,2,3,4). The molecule has 1 aromatic carbocycles. The van der Waals surface area contributed by atoms with Gasteiger partial charge in [-0.15, -0.1) is 0 Å². The molecule has 17 heavy (non-hydrogen) atoms. The molecule has 2 N–H and O–H groups in total. The van der Waals surface area contributed by atoms with E-state index in [4.69, 9.17) is 22.8 Å². The highest BCUT2D eigenvalue weighted by atomic mass is 32.3. The second-order valence-corrected chi connectivity index (χ2v) is 3.85. The Kier molecular flexibility index (Phi) is 4.12. The number of para-hydroxylation sites is 1. The highest BCUT2D eigenvalue weighted by Crippen LogP contribution is 2.07. The highest BCUT2D eigenvalue weighted by molar-refractivity contribution is 7.79. The highest BCUT2D eigenvalue weighted by Gasteiger charge is 2.01. The molecule has 0 bridgehead atoms. The number of aromatic amines is 1. The molecule has 2 aromatic rings. The van der Waals surface area contributed by atoms with E-state index in [1.54, 1.807) is 6.07 Å². The van der Waals surface area contributed by atoms with Crippen LogP contribution in [0.3, 0.4) is 0 Å². The van der Waals surface area contributed by atoms with Crippen LogP contribution in [0.4, 0.5) is 0 Å². The molecule has 0 aliphatic rings. The van der Waals surface area contributed by atoms with Gasteiger partial charge in [-0.2, -0.15) is 10.2 Å².